The van der Waals surface area contributed by atoms with Crippen LogP contribution in [0, 0.1) is 11.2 Å². The SMILES string of the molecule is CC1(C)CC(=O)C2c3c(F)cccc3NC2C1. The summed E-state index contributed by atoms with van der Waals surface area (Å²) < 4.78 is 13.8. The fourth-order valence-electron chi connectivity index (χ4n) is 3.27. The highest BCUT2D eigenvalue weighted by atomic mass is 19.1. The van der Waals surface area contributed by atoms with E-state index in [9.17, 15) is 9.18 Å². The van der Waals surface area contributed by atoms with E-state index < -0.39 is 0 Å². The number of halogens is 1. The topological polar surface area (TPSA) is 29.1 Å². The smallest absolute Gasteiger partial charge is 0.143 e. The Bertz CT molecular complexity index is 495. The summed E-state index contributed by atoms with van der Waals surface area (Å²) in [6.07, 6.45) is 1.46. The average molecular weight is 233 g/mol. The zero-order chi connectivity index (χ0) is 12.2. The molecule has 1 heterocycles. The lowest BCUT2D eigenvalue weighted by Gasteiger charge is -2.36. The molecule has 2 aliphatic rings. The molecule has 3 rings (SSSR count). The van der Waals surface area contributed by atoms with E-state index in [1.807, 2.05) is 6.07 Å². The Labute approximate surface area is 100 Å². The summed E-state index contributed by atoms with van der Waals surface area (Å²) in [7, 11) is 0. The molecule has 90 valence electrons. The standard InChI is InChI=1S/C14H16FNO/c1-14(2)6-10-13(11(17)7-14)12-8(15)4-3-5-9(12)16-10/h3-5,10,13,16H,6-7H2,1-2H3. The summed E-state index contributed by atoms with van der Waals surface area (Å²) in [5, 5.41) is 3.30. The van der Waals surface area contributed by atoms with E-state index in [0.717, 1.165) is 12.1 Å². The molecule has 1 N–H and O–H groups in total. The Kier molecular flexibility index (Phi) is 2.09. The number of ketones is 1. The first-order valence-corrected chi connectivity index (χ1v) is 6.06. The van der Waals surface area contributed by atoms with E-state index in [-0.39, 0.29) is 29.0 Å². The van der Waals surface area contributed by atoms with Gasteiger partial charge in [0, 0.05) is 23.7 Å². The van der Waals surface area contributed by atoms with Crippen molar-refractivity contribution in [3.63, 3.8) is 0 Å². The van der Waals surface area contributed by atoms with Crippen LogP contribution in [-0.4, -0.2) is 11.8 Å². The minimum absolute atomic E-state index is 0.0176. The number of anilines is 1. The van der Waals surface area contributed by atoms with E-state index >= 15 is 0 Å². The number of fused-ring (bicyclic) bond motifs is 3. The van der Waals surface area contributed by atoms with Gasteiger partial charge in [-0.05, 0) is 24.0 Å². The fourth-order valence-corrected chi connectivity index (χ4v) is 3.27. The van der Waals surface area contributed by atoms with Crippen molar-refractivity contribution in [3.8, 4) is 0 Å². The Morgan fingerprint density at radius 3 is 2.94 bits per heavy atom. The van der Waals surface area contributed by atoms with Crippen LogP contribution >= 0.6 is 0 Å². The number of nitrogens with one attached hydrogen (secondary N) is 1. The van der Waals surface area contributed by atoms with Gasteiger partial charge in [-0.15, -0.1) is 0 Å². The van der Waals surface area contributed by atoms with Crippen LogP contribution in [0.25, 0.3) is 0 Å². The van der Waals surface area contributed by atoms with Crippen molar-refractivity contribution >= 4 is 11.5 Å². The summed E-state index contributed by atoms with van der Waals surface area (Å²) >= 11 is 0. The molecule has 2 atom stereocenters. The highest BCUT2D eigenvalue weighted by Crippen LogP contribution is 2.48. The fraction of sp³-hybridized carbons (Fsp3) is 0.500. The van der Waals surface area contributed by atoms with Crippen LogP contribution in [0.1, 0.15) is 38.2 Å². The predicted octanol–water partition coefficient (Wildman–Crippen LogP) is 3.09. The Morgan fingerprint density at radius 1 is 1.41 bits per heavy atom. The lowest BCUT2D eigenvalue weighted by atomic mass is 9.69. The van der Waals surface area contributed by atoms with Gasteiger partial charge >= 0.3 is 0 Å². The molecule has 0 radical (unpaired) electrons. The highest BCUT2D eigenvalue weighted by Gasteiger charge is 2.46. The van der Waals surface area contributed by atoms with Gasteiger partial charge in [-0.1, -0.05) is 19.9 Å². The van der Waals surface area contributed by atoms with Crippen molar-refractivity contribution in [3.05, 3.63) is 29.6 Å². The molecule has 0 aromatic heterocycles. The molecule has 1 aromatic rings. The van der Waals surface area contributed by atoms with Crippen molar-refractivity contribution < 1.29 is 9.18 Å². The first-order chi connectivity index (χ1) is 7.98. The molecule has 17 heavy (non-hydrogen) atoms. The minimum Gasteiger partial charge on any atom is -0.381 e. The quantitative estimate of drug-likeness (QED) is 0.746. The van der Waals surface area contributed by atoms with Gasteiger partial charge in [-0.3, -0.25) is 4.79 Å². The van der Waals surface area contributed by atoms with Gasteiger partial charge in [-0.2, -0.15) is 0 Å². The number of rotatable bonds is 0. The number of carbonyl (C=O) groups is 1. The first kappa shape index (κ1) is 10.8. The summed E-state index contributed by atoms with van der Waals surface area (Å²) in [6, 6.07) is 5.05. The maximum Gasteiger partial charge on any atom is 0.143 e. The molecule has 0 spiro atoms. The van der Waals surface area contributed by atoms with E-state index in [1.54, 1.807) is 6.07 Å². The molecular formula is C14H16FNO. The molecule has 2 unspecified atom stereocenters. The summed E-state index contributed by atoms with van der Waals surface area (Å²) in [5.74, 6) is -0.364. The molecule has 3 heteroatoms. The molecule has 0 saturated heterocycles. The van der Waals surface area contributed by atoms with E-state index in [0.29, 0.717) is 12.0 Å². The largest absolute Gasteiger partial charge is 0.381 e. The summed E-state index contributed by atoms with van der Waals surface area (Å²) in [6.45, 7) is 4.20. The number of hydrogen-bond acceptors (Lipinski definition) is 2. The van der Waals surface area contributed by atoms with Crippen LogP contribution in [-0.2, 0) is 4.79 Å². The van der Waals surface area contributed by atoms with E-state index in [2.05, 4.69) is 19.2 Å². The van der Waals surface area contributed by atoms with Crippen LogP contribution in [0.5, 0.6) is 0 Å². The number of carbonyl (C=O) groups excluding carboxylic acids is 1. The third-order valence-corrected chi connectivity index (χ3v) is 3.88. The van der Waals surface area contributed by atoms with Gasteiger partial charge in [0.25, 0.3) is 0 Å². The highest BCUT2D eigenvalue weighted by molar-refractivity contribution is 5.92. The maximum atomic E-state index is 13.8. The Hall–Kier alpha value is -1.38. The van der Waals surface area contributed by atoms with Gasteiger partial charge in [0.15, 0.2) is 0 Å². The van der Waals surface area contributed by atoms with E-state index in [4.69, 9.17) is 0 Å². The molecule has 0 bridgehead atoms. The molecular weight excluding hydrogens is 217 g/mol. The van der Waals surface area contributed by atoms with Crippen molar-refractivity contribution in [1.82, 2.24) is 0 Å². The molecule has 1 aliphatic heterocycles. The van der Waals surface area contributed by atoms with Gasteiger partial charge < -0.3 is 5.32 Å². The van der Waals surface area contributed by atoms with Crippen molar-refractivity contribution in [2.45, 2.75) is 38.6 Å². The molecule has 1 aromatic carbocycles. The monoisotopic (exact) mass is 233 g/mol. The number of Topliss-reactive ketones (excluding diaryl/α,β-unsaturated/α-hetero) is 1. The van der Waals surface area contributed by atoms with Crippen LogP contribution in [0.15, 0.2) is 18.2 Å². The van der Waals surface area contributed by atoms with Crippen molar-refractivity contribution in [2.75, 3.05) is 5.32 Å². The number of benzene rings is 1. The van der Waals surface area contributed by atoms with Crippen LogP contribution < -0.4 is 5.32 Å². The molecule has 1 fully saturated rings. The Balaban J connectivity index is 2.06. The lowest BCUT2D eigenvalue weighted by Crippen LogP contribution is -2.39. The van der Waals surface area contributed by atoms with Gasteiger partial charge in [0.1, 0.15) is 11.6 Å². The second-order valence-electron chi connectivity index (χ2n) is 5.94. The average Bonchev–Trinajstić information content (AvgIpc) is 2.54. The number of hydrogen-bond donors (Lipinski definition) is 1. The van der Waals surface area contributed by atoms with Crippen LogP contribution in [0.3, 0.4) is 0 Å². The van der Waals surface area contributed by atoms with Crippen molar-refractivity contribution in [2.24, 2.45) is 5.41 Å². The minimum atomic E-state index is -0.278. The molecule has 1 aliphatic carbocycles. The zero-order valence-corrected chi connectivity index (χ0v) is 10.1. The van der Waals surface area contributed by atoms with Gasteiger partial charge in [0.2, 0.25) is 0 Å². The third kappa shape index (κ3) is 1.56. The normalized spacial score (nSPS) is 29.5. The van der Waals surface area contributed by atoms with Gasteiger partial charge in [-0.25, -0.2) is 4.39 Å². The zero-order valence-electron chi connectivity index (χ0n) is 10.1. The second kappa shape index (κ2) is 3.31. The van der Waals surface area contributed by atoms with E-state index in [1.165, 1.54) is 6.07 Å². The molecule has 1 saturated carbocycles. The Morgan fingerprint density at radius 2 is 2.18 bits per heavy atom. The van der Waals surface area contributed by atoms with Gasteiger partial charge in [0.05, 0.1) is 5.92 Å². The third-order valence-electron chi connectivity index (χ3n) is 3.88. The molecule has 0 amide bonds. The van der Waals surface area contributed by atoms with Crippen LogP contribution in [0.2, 0.25) is 0 Å². The molecule has 2 nitrogen and oxygen atoms in total. The lowest BCUT2D eigenvalue weighted by molar-refractivity contribution is -0.125. The summed E-state index contributed by atoms with van der Waals surface area (Å²) in [5.41, 5.74) is 1.40. The van der Waals surface area contributed by atoms with Crippen LogP contribution in [0.4, 0.5) is 10.1 Å². The first-order valence-electron chi connectivity index (χ1n) is 6.06. The maximum absolute atomic E-state index is 13.8. The summed E-state index contributed by atoms with van der Waals surface area (Å²) in [4.78, 5) is 12.2. The predicted molar refractivity (Wildman–Crippen MR) is 64.6 cm³/mol. The second-order valence-corrected chi connectivity index (χ2v) is 5.94. The van der Waals surface area contributed by atoms with Crippen molar-refractivity contribution in [1.29, 1.82) is 0 Å².